The molecule has 2 aromatic rings. The van der Waals surface area contributed by atoms with Crippen molar-refractivity contribution in [1.82, 2.24) is 0 Å². The van der Waals surface area contributed by atoms with Crippen LogP contribution in [0.1, 0.15) is 24.2 Å². The minimum atomic E-state index is -0.959. The van der Waals surface area contributed by atoms with E-state index >= 15 is 0 Å². The summed E-state index contributed by atoms with van der Waals surface area (Å²) in [5.74, 6) is -0.286. The third-order valence-corrected chi connectivity index (χ3v) is 3.03. The normalized spacial score (nSPS) is 12.0. The van der Waals surface area contributed by atoms with Crippen molar-refractivity contribution in [3.05, 3.63) is 63.5 Å². The molecule has 0 heterocycles. The largest absolute Gasteiger partial charge is 0.450 e. The average Bonchev–Trinajstić information content (AvgIpc) is 2.40. The maximum atomic E-state index is 13.2. The van der Waals surface area contributed by atoms with E-state index in [1.807, 2.05) is 0 Å². The quantitative estimate of drug-likeness (QED) is 0.685. The Hall–Kier alpha value is -2.47. The van der Waals surface area contributed by atoms with Crippen molar-refractivity contribution >= 4 is 5.69 Å². The van der Waals surface area contributed by atoms with Gasteiger partial charge in [-0.25, -0.2) is 4.39 Å². The first kappa shape index (κ1) is 14.9. The maximum Gasteiger partial charge on any atom is 0.314 e. The fraction of sp³-hybridized carbons (Fsp3) is 0.200. The molecule has 0 amide bonds. The van der Waals surface area contributed by atoms with Gasteiger partial charge in [0, 0.05) is 11.1 Å². The lowest BCUT2D eigenvalue weighted by molar-refractivity contribution is -0.386. The molecule has 0 aromatic heterocycles. The zero-order valence-electron chi connectivity index (χ0n) is 11.5. The van der Waals surface area contributed by atoms with Gasteiger partial charge in [0.05, 0.1) is 11.0 Å². The summed E-state index contributed by atoms with van der Waals surface area (Å²) in [6, 6.07) is 8.34. The SMILES string of the molecule is Cc1cccc(Oc2ccc(F)cc2C(C)O)c1[N+](=O)[O-]. The van der Waals surface area contributed by atoms with Crippen LogP contribution in [0.3, 0.4) is 0 Å². The van der Waals surface area contributed by atoms with Crippen molar-refractivity contribution in [1.29, 1.82) is 0 Å². The van der Waals surface area contributed by atoms with Gasteiger partial charge in [-0.3, -0.25) is 10.1 Å². The molecule has 0 radical (unpaired) electrons. The summed E-state index contributed by atoms with van der Waals surface area (Å²) in [6.07, 6.45) is -0.959. The van der Waals surface area contributed by atoms with E-state index in [0.29, 0.717) is 5.56 Å². The number of benzene rings is 2. The third kappa shape index (κ3) is 3.17. The highest BCUT2D eigenvalue weighted by molar-refractivity contribution is 5.54. The fourth-order valence-electron chi connectivity index (χ4n) is 2.01. The number of nitro benzene ring substituents is 1. The first-order valence-electron chi connectivity index (χ1n) is 6.29. The topological polar surface area (TPSA) is 72.6 Å². The number of ether oxygens (including phenoxy) is 1. The number of halogens is 1. The number of aliphatic hydroxyl groups excluding tert-OH is 1. The number of hydrogen-bond donors (Lipinski definition) is 1. The summed E-state index contributed by atoms with van der Waals surface area (Å²) in [6.45, 7) is 3.07. The van der Waals surface area contributed by atoms with E-state index in [-0.39, 0.29) is 22.7 Å². The maximum absolute atomic E-state index is 13.2. The van der Waals surface area contributed by atoms with Crippen molar-refractivity contribution in [3.63, 3.8) is 0 Å². The minimum Gasteiger partial charge on any atom is -0.450 e. The molecular weight excluding hydrogens is 277 g/mol. The van der Waals surface area contributed by atoms with E-state index in [2.05, 4.69) is 0 Å². The summed E-state index contributed by atoms with van der Waals surface area (Å²) in [5.41, 5.74) is 0.530. The van der Waals surface area contributed by atoms with Gasteiger partial charge in [0.25, 0.3) is 0 Å². The van der Waals surface area contributed by atoms with Crippen LogP contribution in [0.15, 0.2) is 36.4 Å². The molecule has 0 bridgehead atoms. The molecule has 1 atom stereocenters. The van der Waals surface area contributed by atoms with E-state index in [4.69, 9.17) is 4.74 Å². The molecule has 0 fully saturated rings. The lowest BCUT2D eigenvalue weighted by atomic mass is 10.1. The van der Waals surface area contributed by atoms with Crippen LogP contribution in [0.25, 0.3) is 0 Å². The van der Waals surface area contributed by atoms with Gasteiger partial charge in [-0.05, 0) is 38.1 Å². The number of nitro groups is 1. The second kappa shape index (κ2) is 5.88. The summed E-state index contributed by atoms with van der Waals surface area (Å²) < 4.78 is 18.8. The number of rotatable bonds is 4. The monoisotopic (exact) mass is 291 g/mol. The van der Waals surface area contributed by atoms with Crippen LogP contribution in [0, 0.1) is 22.9 Å². The van der Waals surface area contributed by atoms with Gasteiger partial charge in [-0.1, -0.05) is 12.1 Å². The smallest absolute Gasteiger partial charge is 0.314 e. The van der Waals surface area contributed by atoms with E-state index < -0.39 is 16.8 Å². The summed E-state index contributed by atoms with van der Waals surface area (Å²) in [5, 5.41) is 20.8. The molecule has 2 aromatic carbocycles. The lowest BCUT2D eigenvalue weighted by Crippen LogP contribution is -2.00. The molecule has 1 N–H and O–H groups in total. The lowest BCUT2D eigenvalue weighted by Gasteiger charge is -2.13. The molecule has 21 heavy (non-hydrogen) atoms. The molecule has 0 saturated heterocycles. The molecule has 1 unspecified atom stereocenters. The summed E-state index contributed by atoms with van der Waals surface area (Å²) >= 11 is 0. The Labute approximate surface area is 120 Å². The number of hydrogen-bond acceptors (Lipinski definition) is 4. The van der Waals surface area contributed by atoms with E-state index in [9.17, 15) is 19.6 Å². The van der Waals surface area contributed by atoms with E-state index in [1.165, 1.54) is 25.1 Å². The van der Waals surface area contributed by atoms with Crippen molar-refractivity contribution in [3.8, 4) is 11.5 Å². The van der Waals surface area contributed by atoms with Crippen LogP contribution < -0.4 is 4.74 Å². The first-order valence-corrected chi connectivity index (χ1v) is 6.29. The second-order valence-corrected chi connectivity index (χ2v) is 4.64. The van der Waals surface area contributed by atoms with Crippen LogP contribution in [0.2, 0.25) is 0 Å². The first-order chi connectivity index (χ1) is 9.90. The molecule has 2 rings (SSSR count). The van der Waals surface area contributed by atoms with E-state index in [0.717, 1.165) is 6.07 Å². The molecule has 0 aliphatic rings. The van der Waals surface area contributed by atoms with Crippen LogP contribution in [0.4, 0.5) is 10.1 Å². The van der Waals surface area contributed by atoms with Gasteiger partial charge in [0.1, 0.15) is 11.6 Å². The highest BCUT2D eigenvalue weighted by Crippen LogP contribution is 2.36. The minimum absolute atomic E-state index is 0.0495. The molecule has 5 nitrogen and oxygen atoms in total. The van der Waals surface area contributed by atoms with Crippen molar-refractivity contribution in [2.24, 2.45) is 0 Å². The summed E-state index contributed by atoms with van der Waals surface area (Å²) in [7, 11) is 0. The molecular formula is C15H14FNO4. The predicted octanol–water partition coefficient (Wildman–Crippen LogP) is 3.89. The van der Waals surface area contributed by atoms with Crippen LogP contribution in [0.5, 0.6) is 11.5 Å². The van der Waals surface area contributed by atoms with Crippen molar-refractivity contribution in [2.75, 3.05) is 0 Å². The molecule has 6 heteroatoms. The van der Waals surface area contributed by atoms with Gasteiger partial charge >= 0.3 is 5.69 Å². The summed E-state index contributed by atoms with van der Waals surface area (Å²) in [4.78, 5) is 10.6. The van der Waals surface area contributed by atoms with Crippen LogP contribution in [-0.2, 0) is 0 Å². The fourth-order valence-corrected chi connectivity index (χ4v) is 2.01. The predicted molar refractivity (Wildman–Crippen MR) is 74.9 cm³/mol. The molecule has 0 saturated carbocycles. The van der Waals surface area contributed by atoms with Gasteiger partial charge in [-0.2, -0.15) is 0 Å². The average molecular weight is 291 g/mol. The number of para-hydroxylation sites is 1. The Morgan fingerprint density at radius 2 is 2.00 bits per heavy atom. The van der Waals surface area contributed by atoms with E-state index in [1.54, 1.807) is 19.1 Å². The third-order valence-electron chi connectivity index (χ3n) is 3.03. The Morgan fingerprint density at radius 3 is 2.62 bits per heavy atom. The van der Waals surface area contributed by atoms with Crippen LogP contribution in [-0.4, -0.2) is 10.0 Å². The van der Waals surface area contributed by atoms with Gasteiger partial charge < -0.3 is 9.84 Å². The number of aryl methyl sites for hydroxylation is 1. The zero-order valence-corrected chi connectivity index (χ0v) is 11.5. The molecule has 0 aliphatic carbocycles. The zero-order chi connectivity index (χ0) is 15.6. The second-order valence-electron chi connectivity index (χ2n) is 4.64. The molecule has 0 spiro atoms. The Bertz CT molecular complexity index is 685. The molecule has 0 aliphatic heterocycles. The highest BCUT2D eigenvalue weighted by Gasteiger charge is 2.20. The Morgan fingerprint density at radius 1 is 1.29 bits per heavy atom. The Balaban J connectivity index is 2.49. The Kier molecular flexibility index (Phi) is 4.18. The van der Waals surface area contributed by atoms with Gasteiger partial charge in [0.15, 0.2) is 0 Å². The standard InChI is InChI=1S/C15H14FNO4/c1-9-4-3-5-14(15(9)17(19)20)21-13-7-6-11(16)8-12(13)10(2)18/h3-8,10,18H,1-2H3. The van der Waals surface area contributed by atoms with Crippen LogP contribution >= 0.6 is 0 Å². The van der Waals surface area contributed by atoms with Gasteiger partial charge in [0.2, 0.25) is 5.75 Å². The number of aliphatic hydroxyl groups is 1. The highest BCUT2D eigenvalue weighted by atomic mass is 19.1. The number of nitrogens with zero attached hydrogens (tertiary/aromatic N) is 1. The molecule has 110 valence electrons. The van der Waals surface area contributed by atoms with Crippen molar-refractivity contribution in [2.45, 2.75) is 20.0 Å². The van der Waals surface area contributed by atoms with Gasteiger partial charge in [-0.15, -0.1) is 0 Å². The van der Waals surface area contributed by atoms with Crippen molar-refractivity contribution < 1.29 is 19.2 Å².